The summed E-state index contributed by atoms with van der Waals surface area (Å²) in [6.45, 7) is 2.17. The predicted molar refractivity (Wildman–Crippen MR) is 111 cm³/mol. The van der Waals surface area contributed by atoms with E-state index in [1.54, 1.807) is 0 Å². The van der Waals surface area contributed by atoms with E-state index in [0.717, 1.165) is 23.2 Å². The van der Waals surface area contributed by atoms with Gasteiger partial charge < -0.3 is 10.1 Å². The first kappa shape index (κ1) is 18.7. The van der Waals surface area contributed by atoms with E-state index in [4.69, 9.17) is 4.74 Å². The molecule has 0 spiro atoms. The zero-order chi connectivity index (χ0) is 18.9. The molecule has 0 unspecified atom stereocenters. The fourth-order valence-corrected chi connectivity index (χ4v) is 2.86. The number of carbonyl (C=O) groups excluding carboxylic acids is 1. The van der Waals surface area contributed by atoms with Crippen LogP contribution >= 0.6 is 0 Å². The van der Waals surface area contributed by atoms with Crippen LogP contribution < -0.4 is 10.1 Å². The molecule has 1 N–H and O–H groups in total. The molecule has 0 aliphatic carbocycles. The number of benzene rings is 3. The summed E-state index contributed by atoms with van der Waals surface area (Å²) in [5.41, 5.74) is 4.37. The molecule has 27 heavy (non-hydrogen) atoms. The maximum absolute atomic E-state index is 12.1. The van der Waals surface area contributed by atoms with Crippen LogP contribution in [0.4, 0.5) is 5.69 Å². The van der Waals surface area contributed by atoms with Crippen LogP contribution in [0.5, 0.6) is 5.75 Å². The van der Waals surface area contributed by atoms with Gasteiger partial charge in [0.1, 0.15) is 5.75 Å². The highest BCUT2D eigenvalue weighted by molar-refractivity contribution is 5.91. The minimum Gasteiger partial charge on any atom is -0.484 e. The van der Waals surface area contributed by atoms with Crippen molar-refractivity contribution in [3.63, 3.8) is 0 Å². The van der Waals surface area contributed by atoms with Crippen molar-refractivity contribution in [2.45, 2.75) is 26.2 Å². The second kappa shape index (κ2) is 9.58. The number of unbranched alkanes of at least 4 members (excludes halogenated alkanes) is 1. The molecule has 0 saturated carbocycles. The Morgan fingerprint density at radius 1 is 0.852 bits per heavy atom. The van der Waals surface area contributed by atoms with Crippen LogP contribution in [0.1, 0.15) is 25.3 Å². The largest absolute Gasteiger partial charge is 0.484 e. The normalized spacial score (nSPS) is 10.4. The first-order valence-electron chi connectivity index (χ1n) is 9.41. The Morgan fingerprint density at radius 3 is 2.19 bits per heavy atom. The molecular weight excluding hydrogens is 334 g/mol. The fourth-order valence-electron chi connectivity index (χ4n) is 2.86. The maximum Gasteiger partial charge on any atom is 0.262 e. The van der Waals surface area contributed by atoms with Gasteiger partial charge in [-0.05, 0) is 53.8 Å². The molecule has 3 aromatic carbocycles. The molecule has 0 aliphatic heterocycles. The molecule has 3 heteroatoms. The molecule has 0 radical (unpaired) electrons. The first-order chi connectivity index (χ1) is 13.2. The molecule has 1 amide bonds. The van der Waals surface area contributed by atoms with Gasteiger partial charge in [0.25, 0.3) is 5.91 Å². The lowest BCUT2D eigenvalue weighted by Crippen LogP contribution is -2.20. The summed E-state index contributed by atoms with van der Waals surface area (Å²) in [6, 6.07) is 25.9. The summed E-state index contributed by atoms with van der Waals surface area (Å²) in [6.07, 6.45) is 3.44. The summed E-state index contributed by atoms with van der Waals surface area (Å²) in [7, 11) is 0. The Balaban J connectivity index is 1.49. The molecular formula is C24H25NO2. The standard InChI is InChI=1S/C24H25NO2/c1-2-3-7-19-10-14-22(15-11-19)25-24(26)18-27-23-16-12-21(13-17-23)20-8-5-4-6-9-20/h4-6,8-17H,2-3,7,18H2,1H3,(H,25,26). The number of nitrogens with one attached hydrogen (secondary N) is 1. The van der Waals surface area contributed by atoms with Crippen molar-refractivity contribution in [2.75, 3.05) is 11.9 Å². The van der Waals surface area contributed by atoms with Gasteiger partial charge in [0, 0.05) is 5.69 Å². The summed E-state index contributed by atoms with van der Waals surface area (Å²) in [4.78, 5) is 12.1. The van der Waals surface area contributed by atoms with E-state index in [0.29, 0.717) is 5.75 Å². The highest BCUT2D eigenvalue weighted by Gasteiger charge is 2.05. The number of ether oxygens (including phenoxy) is 1. The Kier molecular flexibility index (Phi) is 6.64. The Bertz CT molecular complexity index is 840. The van der Waals surface area contributed by atoms with Crippen LogP contribution in [0.2, 0.25) is 0 Å². The smallest absolute Gasteiger partial charge is 0.262 e. The molecule has 0 saturated heterocycles. The van der Waals surface area contributed by atoms with Gasteiger partial charge in [-0.2, -0.15) is 0 Å². The number of hydrogen-bond donors (Lipinski definition) is 1. The van der Waals surface area contributed by atoms with Gasteiger partial charge in [0.05, 0.1) is 0 Å². The van der Waals surface area contributed by atoms with Gasteiger partial charge >= 0.3 is 0 Å². The van der Waals surface area contributed by atoms with Gasteiger partial charge in [-0.15, -0.1) is 0 Å². The van der Waals surface area contributed by atoms with Crippen LogP contribution in [0.3, 0.4) is 0 Å². The van der Waals surface area contributed by atoms with Crippen LogP contribution in [0, 0.1) is 0 Å². The number of hydrogen-bond acceptors (Lipinski definition) is 2. The van der Waals surface area contributed by atoms with E-state index in [-0.39, 0.29) is 12.5 Å². The average Bonchev–Trinajstić information content (AvgIpc) is 2.73. The van der Waals surface area contributed by atoms with Gasteiger partial charge in [-0.25, -0.2) is 0 Å². The van der Waals surface area contributed by atoms with Crippen LogP contribution in [-0.2, 0) is 11.2 Å². The lowest BCUT2D eigenvalue weighted by molar-refractivity contribution is -0.118. The third-order valence-corrected chi connectivity index (χ3v) is 4.39. The first-order valence-corrected chi connectivity index (χ1v) is 9.41. The quantitative estimate of drug-likeness (QED) is 0.559. The molecule has 3 nitrogen and oxygen atoms in total. The van der Waals surface area contributed by atoms with Crippen LogP contribution in [0.15, 0.2) is 78.9 Å². The number of rotatable bonds is 8. The van der Waals surface area contributed by atoms with Crippen molar-refractivity contribution in [2.24, 2.45) is 0 Å². The number of amides is 1. The summed E-state index contributed by atoms with van der Waals surface area (Å²) < 4.78 is 5.60. The second-order valence-electron chi connectivity index (χ2n) is 6.53. The highest BCUT2D eigenvalue weighted by Crippen LogP contribution is 2.22. The van der Waals surface area contributed by atoms with Gasteiger partial charge in [-0.3, -0.25) is 4.79 Å². The molecule has 0 aliphatic rings. The fraction of sp³-hybridized carbons (Fsp3) is 0.208. The number of carbonyl (C=O) groups is 1. The van der Waals surface area contributed by atoms with Gasteiger partial charge in [0.2, 0.25) is 0 Å². The summed E-state index contributed by atoms with van der Waals surface area (Å²) in [5, 5.41) is 2.87. The molecule has 0 atom stereocenters. The number of anilines is 1. The molecule has 0 bridgehead atoms. The predicted octanol–water partition coefficient (Wildman–Crippen LogP) is 5.71. The number of aryl methyl sites for hydroxylation is 1. The van der Waals surface area contributed by atoms with Crippen molar-refractivity contribution in [1.29, 1.82) is 0 Å². The highest BCUT2D eigenvalue weighted by atomic mass is 16.5. The van der Waals surface area contributed by atoms with Gasteiger partial charge in [-0.1, -0.05) is 67.9 Å². The van der Waals surface area contributed by atoms with E-state index in [1.165, 1.54) is 18.4 Å². The van der Waals surface area contributed by atoms with E-state index in [9.17, 15) is 4.79 Å². The molecule has 3 rings (SSSR count). The topological polar surface area (TPSA) is 38.3 Å². The molecule has 0 heterocycles. The van der Waals surface area contributed by atoms with Crippen LogP contribution in [0.25, 0.3) is 11.1 Å². The summed E-state index contributed by atoms with van der Waals surface area (Å²) >= 11 is 0. The minimum atomic E-state index is -0.163. The third-order valence-electron chi connectivity index (χ3n) is 4.39. The zero-order valence-corrected chi connectivity index (χ0v) is 15.7. The lowest BCUT2D eigenvalue weighted by Gasteiger charge is -2.09. The van der Waals surface area contributed by atoms with E-state index in [1.807, 2.05) is 54.6 Å². The third kappa shape index (κ3) is 5.71. The average molecular weight is 359 g/mol. The minimum absolute atomic E-state index is 0.0116. The van der Waals surface area contributed by atoms with Crippen molar-refractivity contribution >= 4 is 11.6 Å². The molecule has 0 fully saturated rings. The van der Waals surface area contributed by atoms with Crippen LogP contribution in [-0.4, -0.2) is 12.5 Å². The Labute approximate surface area is 161 Å². The van der Waals surface area contributed by atoms with Crippen molar-refractivity contribution in [3.8, 4) is 16.9 Å². The molecule has 3 aromatic rings. The lowest BCUT2D eigenvalue weighted by atomic mass is 10.1. The molecule has 138 valence electrons. The Hall–Kier alpha value is -3.07. The van der Waals surface area contributed by atoms with Gasteiger partial charge in [0.15, 0.2) is 6.61 Å². The van der Waals surface area contributed by atoms with Crippen molar-refractivity contribution < 1.29 is 9.53 Å². The monoisotopic (exact) mass is 359 g/mol. The van der Waals surface area contributed by atoms with Crippen molar-refractivity contribution in [1.82, 2.24) is 0 Å². The second-order valence-corrected chi connectivity index (χ2v) is 6.53. The zero-order valence-electron chi connectivity index (χ0n) is 15.7. The van der Waals surface area contributed by atoms with Crippen molar-refractivity contribution in [3.05, 3.63) is 84.4 Å². The molecule has 0 aromatic heterocycles. The summed E-state index contributed by atoms with van der Waals surface area (Å²) in [5.74, 6) is 0.517. The SMILES string of the molecule is CCCCc1ccc(NC(=O)COc2ccc(-c3ccccc3)cc2)cc1. The van der Waals surface area contributed by atoms with E-state index in [2.05, 4.69) is 36.5 Å². The maximum atomic E-state index is 12.1. The Morgan fingerprint density at radius 2 is 1.52 bits per heavy atom. The van der Waals surface area contributed by atoms with E-state index < -0.39 is 0 Å². The van der Waals surface area contributed by atoms with E-state index >= 15 is 0 Å².